The van der Waals surface area contributed by atoms with E-state index in [1.165, 1.54) is 6.07 Å². The van der Waals surface area contributed by atoms with Crippen molar-refractivity contribution in [3.8, 4) is 0 Å². The zero-order valence-electron chi connectivity index (χ0n) is 11.9. The normalized spacial score (nSPS) is 18.9. The van der Waals surface area contributed by atoms with Gasteiger partial charge in [-0.15, -0.1) is 12.4 Å². The van der Waals surface area contributed by atoms with Crippen LogP contribution >= 0.6 is 28.3 Å². The van der Waals surface area contributed by atoms with Crippen LogP contribution in [0, 0.1) is 5.82 Å². The fourth-order valence-electron chi connectivity index (χ4n) is 2.26. The lowest BCUT2D eigenvalue weighted by Gasteiger charge is -2.33. The molecule has 1 atom stereocenters. The van der Waals surface area contributed by atoms with E-state index < -0.39 is 5.82 Å². The molecule has 0 spiro atoms. The summed E-state index contributed by atoms with van der Waals surface area (Å²) in [5.41, 5.74) is 0.228. The first-order valence-electron chi connectivity index (χ1n) is 6.76. The molecule has 21 heavy (non-hydrogen) atoms. The summed E-state index contributed by atoms with van der Waals surface area (Å²) in [4.78, 5) is 14.1. The van der Waals surface area contributed by atoms with Gasteiger partial charge in [0.25, 0.3) is 0 Å². The number of benzene rings is 1. The van der Waals surface area contributed by atoms with Gasteiger partial charge < -0.3 is 10.6 Å². The Morgan fingerprint density at radius 1 is 1.57 bits per heavy atom. The standard InChI is InChI=1S/C14H19BrFN3O.ClH/c1-10-9-17-5-7-19(10)6-4-14(20)18-13-3-2-11(15)8-12(13)16;/h2-3,8,10,17H,4-7,9H2,1H3,(H,18,20);1H/t10-;/m1./s1. The summed E-state index contributed by atoms with van der Waals surface area (Å²) in [5.74, 6) is -0.583. The highest BCUT2D eigenvalue weighted by Crippen LogP contribution is 2.19. The molecule has 1 fully saturated rings. The molecule has 1 heterocycles. The molecule has 0 bridgehead atoms. The number of halogens is 3. The molecule has 118 valence electrons. The second-order valence-corrected chi connectivity index (χ2v) is 5.93. The highest BCUT2D eigenvalue weighted by atomic mass is 79.9. The minimum absolute atomic E-state index is 0. The van der Waals surface area contributed by atoms with E-state index in [0.29, 0.717) is 23.5 Å². The van der Waals surface area contributed by atoms with E-state index in [1.54, 1.807) is 12.1 Å². The molecule has 1 aliphatic rings. The summed E-state index contributed by atoms with van der Waals surface area (Å²) >= 11 is 3.19. The first-order chi connectivity index (χ1) is 9.56. The monoisotopic (exact) mass is 379 g/mol. The van der Waals surface area contributed by atoms with Crippen LogP contribution < -0.4 is 10.6 Å². The van der Waals surface area contributed by atoms with Crippen LogP contribution in [0.1, 0.15) is 13.3 Å². The zero-order valence-corrected chi connectivity index (χ0v) is 14.3. The van der Waals surface area contributed by atoms with Gasteiger partial charge in [0, 0.05) is 43.1 Å². The molecule has 1 saturated heterocycles. The van der Waals surface area contributed by atoms with Gasteiger partial charge in [-0.05, 0) is 25.1 Å². The molecule has 0 saturated carbocycles. The maximum absolute atomic E-state index is 13.6. The lowest BCUT2D eigenvalue weighted by atomic mass is 10.2. The van der Waals surface area contributed by atoms with E-state index >= 15 is 0 Å². The maximum Gasteiger partial charge on any atom is 0.225 e. The third kappa shape index (κ3) is 5.54. The van der Waals surface area contributed by atoms with Gasteiger partial charge in [0.2, 0.25) is 5.91 Å². The summed E-state index contributed by atoms with van der Waals surface area (Å²) in [7, 11) is 0. The Bertz CT molecular complexity index is 489. The number of hydrogen-bond acceptors (Lipinski definition) is 3. The van der Waals surface area contributed by atoms with Crippen molar-refractivity contribution in [2.45, 2.75) is 19.4 Å². The van der Waals surface area contributed by atoms with Crippen molar-refractivity contribution in [1.82, 2.24) is 10.2 Å². The smallest absolute Gasteiger partial charge is 0.225 e. The molecule has 4 nitrogen and oxygen atoms in total. The van der Waals surface area contributed by atoms with Crippen LogP contribution in [0.15, 0.2) is 22.7 Å². The fourth-order valence-corrected chi connectivity index (χ4v) is 2.60. The highest BCUT2D eigenvalue weighted by Gasteiger charge is 2.18. The second kappa shape index (κ2) is 8.68. The number of carbonyl (C=O) groups excluding carboxylic acids is 1. The SMILES string of the molecule is C[C@@H]1CNCCN1CCC(=O)Nc1ccc(Br)cc1F.Cl. The van der Waals surface area contributed by atoms with Crippen molar-refractivity contribution in [3.63, 3.8) is 0 Å². The molecule has 0 radical (unpaired) electrons. The Labute approximate surface area is 139 Å². The third-order valence-corrected chi connectivity index (χ3v) is 3.96. The Kier molecular flexibility index (Phi) is 7.59. The quantitative estimate of drug-likeness (QED) is 0.844. The van der Waals surface area contributed by atoms with E-state index in [0.717, 1.165) is 19.6 Å². The lowest BCUT2D eigenvalue weighted by molar-refractivity contribution is -0.116. The van der Waals surface area contributed by atoms with Crippen LogP contribution in [-0.2, 0) is 4.79 Å². The minimum atomic E-state index is -0.428. The van der Waals surface area contributed by atoms with Crippen molar-refractivity contribution >= 4 is 39.9 Å². The number of hydrogen-bond donors (Lipinski definition) is 2. The number of carbonyl (C=O) groups is 1. The zero-order chi connectivity index (χ0) is 14.5. The molecule has 0 aliphatic carbocycles. The number of rotatable bonds is 4. The molecule has 1 amide bonds. The largest absolute Gasteiger partial charge is 0.324 e. The van der Waals surface area contributed by atoms with Gasteiger partial charge in [-0.1, -0.05) is 15.9 Å². The molecular weight excluding hydrogens is 361 g/mol. The Morgan fingerprint density at radius 3 is 3.00 bits per heavy atom. The summed E-state index contributed by atoms with van der Waals surface area (Å²) in [6, 6.07) is 5.04. The van der Waals surface area contributed by atoms with Gasteiger partial charge in [0.15, 0.2) is 0 Å². The van der Waals surface area contributed by atoms with Gasteiger partial charge in [-0.3, -0.25) is 9.69 Å². The predicted molar refractivity (Wildman–Crippen MR) is 88.5 cm³/mol. The Hall–Kier alpha value is -0.690. The minimum Gasteiger partial charge on any atom is -0.324 e. The number of amides is 1. The van der Waals surface area contributed by atoms with Crippen molar-refractivity contribution in [1.29, 1.82) is 0 Å². The topological polar surface area (TPSA) is 44.4 Å². The van der Waals surface area contributed by atoms with E-state index in [-0.39, 0.29) is 24.0 Å². The Morgan fingerprint density at radius 2 is 2.33 bits per heavy atom. The average molecular weight is 381 g/mol. The van der Waals surface area contributed by atoms with E-state index in [1.807, 2.05) is 0 Å². The van der Waals surface area contributed by atoms with Crippen LogP contribution in [0.2, 0.25) is 0 Å². The first kappa shape index (κ1) is 18.4. The van der Waals surface area contributed by atoms with E-state index in [9.17, 15) is 9.18 Å². The highest BCUT2D eigenvalue weighted by molar-refractivity contribution is 9.10. The van der Waals surface area contributed by atoms with Crippen molar-refractivity contribution in [2.24, 2.45) is 0 Å². The summed E-state index contributed by atoms with van der Waals surface area (Å²) in [5, 5.41) is 5.92. The van der Waals surface area contributed by atoms with Crippen molar-refractivity contribution < 1.29 is 9.18 Å². The van der Waals surface area contributed by atoms with Crippen molar-refractivity contribution in [3.05, 3.63) is 28.5 Å². The fraction of sp³-hybridized carbons (Fsp3) is 0.500. The first-order valence-corrected chi connectivity index (χ1v) is 7.55. The summed E-state index contributed by atoms with van der Waals surface area (Å²) in [6.45, 7) is 5.68. The van der Waals surface area contributed by atoms with Gasteiger partial charge in [0.1, 0.15) is 5.82 Å². The number of piperazine rings is 1. The molecule has 2 rings (SSSR count). The lowest BCUT2D eigenvalue weighted by Crippen LogP contribution is -2.50. The van der Waals surface area contributed by atoms with Crippen LogP contribution in [-0.4, -0.2) is 43.0 Å². The second-order valence-electron chi connectivity index (χ2n) is 5.01. The van der Waals surface area contributed by atoms with Gasteiger partial charge in [-0.2, -0.15) is 0 Å². The van der Waals surface area contributed by atoms with Crippen LogP contribution in [0.4, 0.5) is 10.1 Å². The number of anilines is 1. The molecule has 1 aromatic carbocycles. The van der Waals surface area contributed by atoms with Crippen LogP contribution in [0.3, 0.4) is 0 Å². The molecule has 1 aromatic rings. The number of nitrogens with one attached hydrogen (secondary N) is 2. The maximum atomic E-state index is 13.6. The number of nitrogens with zero attached hydrogens (tertiary/aromatic N) is 1. The van der Waals surface area contributed by atoms with E-state index in [4.69, 9.17) is 0 Å². The predicted octanol–water partition coefficient (Wildman–Crippen LogP) is 2.63. The van der Waals surface area contributed by atoms with Gasteiger partial charge in [0.05, 0.1) is 5.69 Å². The third-order valence-electron chi connectivity index (χ3n) is 3.47. The van der Waals surface area contributed by atoms with Crippen LogP contribution in [0.5, 0.6) is 0 Å². The molecule has 2 N–H and O–H groups in total. The average Bonchev–Trinajstić information content (AvgIpc) is 2.41. The molecule has 1 aliphatic heterocycles. The molecule has 0 unspecified atom stereocenters. The molecule has 0 aromatic heterocycles. The van der Waals surface area contributed by atoms with Gasteiger partial charge >= 0.3 is 0 Å². The van der Waals surface area contributed by atoms with Gasteiger partial charge in [-0.25, -0.2) is 4.39 Å². The molecule has 7 heteroatoms. The molecular formula is C14H20BrClFN3O. The van der Waals surface area contributed by atoms with Crippen molar-refractivity contribution in [2.75, 3.05) is 31.5 Å². The van der Waals surface area contributed by atoms with E-state index in [2.05, 4.69) is 38.4 Å². The van der Waals surface area contributed by atoms with Crippen LogP contribution in [0.25, 0.3) is 0 Å². The summed E-state index contributed by atoms with van der Waals surface area (Å²) < 4.78 is 14.3. The summed E-state index contributed by atoms with van der Waals surface area (Å²) in [6.07, 6.45) is 0.375. The Balaban J connectivity index is 0.00000220.